The van der Waals surface area contributed by atoms with Crippen LogP contribution < -0.4 is 15.8 Å². The van der Waals surface area contributed by atoms with E-state index < -0.39 is 38.2 Å². The Kier molecular flexibility index (Phi) is 5.43. The normalized spacial score (nSPS) is 13.8. The van der Waals surface area contributed by atoms with E-state index in [1.807, 2.05) is 0 Å². The molecule has 0 aliphatic heterocycles. The maximum absolute atomic E-state index is 13.5. The van der Waals surface area contributed by atoms with Gasteiger partial charge in [0.2, 0.25) is 15.9 Å². The summed E-state index contributed by atoms with van der Waals surface area (Å²) in [7, 11) is -4.11. The molecule has 0 aliphatic carbocycles. The van der Waals surface area contributed by atoms with Gasteiger partial charge in [-0.25, -0.2) is 12.8 Å². The lowest BCUT2D eigenvalue weighted by molar-refractivity contribution is -0.122. The van der Waals surface area contributed by atoms with Crippen LogP contribution >= 0.6 is 0 Å². The first kappa shape index (κ1) is 17.5. The summed E-state index contributed by atoms with van der Waals surface area (Å²) in [6.07, 6.45) is 0. The zero-order valence-electron chi connectivity index (χ0n) is 12.2. The minimum Gasteiger partial charge on any atom is -0.353 e. The van der Waals surface area contributed by atoms with Gasteiger partial charge in [0.25, 0.3) is 0 Å². The van der Waals surface area contributed by atoms with Crippen molar-refractivity contribution in [3.8, 4) is 0 Å². The fourth-order valence-corrected chi connectivity index (χ4v) is 2.76. The molecule has 4 N–H and O–H groups in total. The van der Waals surface area contributed by atoms with Crippen molar-refractivity contribution in [1.82, 2.24) is 10.0 Å². The topological polar surface area (TPSA) is 101 Å². The zero-order chi connectivity index (χ0) is 16.3. The van der Waals surface area contributed by atoms with E-state index in [1.54, 1.807) is 13.8 Å². The van der Waals surface area contributed by atoms with Crippen LogP contribution in [0.15, 0.2) is 29.2 Å². The van der Waals surface area contributed by atoms with Crippen LogP contribution in [0.5, 0.6) is 0 Å². The summed E-state index contributed by atoms with van der Waals surface area (Å²) in [6, 6.07) is 3.91. The molecule has 1 amide bonds. The second-order valence-electron chi connectivity index (χ2n) is 5.48. The second-order valence-corrected chi connectivity index (χ2v) is 7.16. The van der Waals surface area contributed by atoms with Gasteiger partial charge < -0.3 is 11.1 Å². The summed E-state index contributed by atoms with van der Waals surface area (Å²) < 4.78 is 39.7. The van der Waals surface area contributed by atoms with Crippen LogP contribution in [-0.4, -0.2) is 32.5 Å². The van der Waals surface area contributed by atoms with Gasteiger partial charge in [-0.2, -0.15) is 4.72 Å². The number of nitrogens with one attached hydrogen (secondary N) is 2. The molecule has 118 valence electrons. The zero-order valence-corrected chi connectivity index (χ0v) is 13.0. The number of rotatable bonds is 6. The summed E-state index contributed by atoms with van der Waals surface area (Å²) in [4.78, 5) is 11.3. The van der Waals surface area contributed by atoms with Crippen LogP contribution in [0.4, 0.5) is 4.39 Å². The maximum Gasteiger partial charge on any atom is 0.244 e. The summed E-state index contributed by atoms with van der Waals surface area (Å²) in [5.74, 6) is -1.41. The Morgan fingerprint density at radius 2 is 1.95 bits per heavy atom. The summed E-state index contributed by atoms with van der Waals surface area (Å²) in [5.41, 5.74) is 5.11. The van der Waals surface area contributed by atoms with E-state index >= 15 is 0 Å². The van der Waals surface area contributed by atoms with E-state index in [0.717, 1.165) is 12.1 Å². The Balaban J connectivity index is 2.76. The Labute approximate surface area is 124 Å². The Hall–Kier alpha value is -1.51. The number of amides is 1. The fourth-order valence-electron chi connectivity index (χ4n) is 1.48. The Bertz CT molecular complexity index is 611. The van der Waals surface area contributed by atoms with Crippen molar-refractivity contribution >= 4 is 15.9 Å². The summed E-state index contributed by atoms with van der Waals surface area (Å²) >= 11 is 0. The Morgan fingerprint density at radius 1 is 1.38 bits per heavy atom. The van der Waals surface area contributed by atoms with Crippen molar-refractivity contribution in [3.63, 3.8) is 0 Å². The van der Waals surface area contributed by atoms with E-state index in [0.29, 0.717) is 0 Å². The first-order valence-corrected chi connectivity index (χ1v) is 7.85. The van der Waals surface area contributed by atoms with E-state index in [1.165, 1.54) is 19.1 Å². The molecule has 0 heterocycles. The van der Waals surface area contributed by atoms with Gasteiger partial charge in [0.05, 0.1) is 6.04 Å². The first-order valence-electron chi connectivity index (χ1n) is 6.36. The standard InChI is InChI=1S/C13H20FN3O3S/c1-9(12(18)16-8-13(2,3)15)17-21(19,20)11-7-5-4-6-10(11)14/h4-7,9,17H,8,15H2,1-3H3,(H,16,18). The van der Waals surface area contributed by atoms with Crippen LogP contribution in [0.25, 0.3) is 0 Å². The average Bonchev–Trinajstić information content (AvgIpc) is 2.34. The van der Waals surface area contributed by atoms with Gasteiger partial charge in [0.15, 0.2) is 0 Å². The molecule has 6 nitrogen and oxygen atoms in total. The van der Waals surface area contributed by atoms with Crippen LogP contribution in [-0.2, 0) is 14.8 Å². The van der Waals surface area contributed by atoms with Crippen molar-refractivity contribution in [2.24, 2.45) is 5.73 Å². The molecule has 0 bridgehead atoms. The van der Waals surface area contributed by atoms with Crippen LogP contribution in [0.1, 0.15) is 20.8 Å². The minimum atomic E-state index is -4.11. The molecule has 21 heavy (non-hydrogen) atoms. The number of carbonyl (C=O) groups excluding carboxylic acids is 1. The van der Waals surface area contributed by atoms with Crippen molar-refractivity contribution in [3.05, 3.63) is 30.1 Å². The van der Waals surface area contributed by atoms with Crippen LogP contribution in [0.2, 0.25) is 0 Å². The van der Waals surface area contributed by atoms with Gasteiger partial charge in [-0.1, -0.05) is 12.1 Å². The van der Waals surface area contributed by atoms with E-state index in [-0.39, 0.29) is 6.54 Å². The van der Waals surface area contributed by atoms with Crippen molar-refractivity contribution in [1.29, 1.82) is 0 Å². The second kappa shape index (κ2) is 6.50. The predicted octanol–water partition coefficient (Wildman–Crippen LogP) is 0.346. The van der Waals surface area contributed by atoms with E-state index in [9.17, 15) is 17.6 Å². The number of hydrogen-bond acceptors (Lipinski definition) is 4. The molecule has 0 saturated carbocycles. The van der Waals surface area contributed by atoms with Gasteiger partial charge in [0, 0.05) is 12.1 Å². The summed E-state index contributed by atoms with van der Waals surface area (Å²) in [6.45, 7) is 5.01. The van der Waals surface area contributed by atoms with E-state index in [4.69, 9.17) is 5.73 Å². The highest BCUT2D eigenvalue weighted by atomic mass is 32.2. The van der Waals surface area contributed by atoms with Crippen molar-refractivity contribution < 1.29 is 17.6 Å². The molecular formula is C13H20FN3O3S. The molecule has 0 radical (unpaired) electrons. The largest absolute Gasteiger partial charge is 0.353 e. The molecule has 1 aromatic rings. The molecule has 1 aromatic carbocycles. The van der Waals surface area contributed by atoms with Crippen molar-refractivity contribution in [2.75, 3.05) is 6.54 Å². The monoisotopic (exact) mass is 317 g/mol. The third kappa shape index (κ3) is 5.41. The van der Waals surface area contributed by atoms with Gasteiger partial charge in [0.1, 0.15) is 10.7 Å². The van der Waals surface area contributed by atoms with Gasteiger partial charge >= 0.3 is 0 Å². The smallest absolute Gasteiger partial charge is 0.244 e. The molecule has 1 rings (SSSR count). The molecule has 0 aliphatic rings. The number of carbonyl (C=O) groups is 1. The van der Waals surface area contributed by atoms with Crippen molar-refractivity contribution in [2.45, 2.75) is 37.2 Å². The number of nitrogens with two attached hydrogens (primary N) is 1. The molecule has 0 saturated heterocycles. The number of halogens is 1. The third-order valence-electron chi connectivity index (χ3n) is 2.57. The van der Waals surface area contributed by atoms with Gasteiger partial charge in [-0.15, -0.1) is 0 Å². The molecule has 1 unspecified atom stereocenters. The highest BCUT2D eigenvalue weighted by molar-refractivity contribution is 7.89. The molecular weight excluding hydrogens is 297 g/mol. The Morgan fingerprint density at radius 3 is 2.48 bits per heavy atom. The quantitative estimate of drug-likeness (QED) is 0.704. The van der Waals surface area contributed by atoms with Gasteiger partial charge in [-0.3, -0.25) is 4.79 Å². The van der Waals surface area contributed by atoms with Crippen LogP contribution in [0.3, 0.4) is 0 Å². The van der Waals surface area contributed by atoms with Crippen LogP contribution in [0, 0.1) is 5.82 Å². The minimum absolute atomic E-state index is 0.192. The number of benzene rings is 1. The molecule has 1 atom stereocenters. The SMILES string of the molecule is CC(NS(=O)(=O)c1ccccc1F)C(=O)NCC(C)(C)N. The molecule has 8 heteroatoms. The number of hydrogen-bond donors (Lipinski definition) is 3. The first-order chi connectivity index (χ1) is 9.53. The lowest BCUT2D eigenvalue weighted by Crippen LogP contribution is -2.51. The number of sulfonamides is 1. The van der Waals surface area contributed by atoms with E-state index in [2.05, 4.69) is 10.0 Å². The highest BCUT2D eigenvalue weighted by Gasteiger charge is 2.25. The predicted molar refractivity (Wildman–Crippen MR) is 77.5 cm³/mol. The molecule has 0 fully saturated rings. The molecule has 0 aromatic heterocycles. The lowest BCUT2D eigenvalue weighted by Gasteiger charge is -2.21. The highest BCUT2D eigenvalue weighted by Crippen LogP contribution is 2.13. The lowest BCUT2D eigenvalue weighted by atomic mass is 10.1. The molecule has 0 spiro atoms. The maximum atomic E-state index is 13.5. The fraction of sp³-hybridized carbons (Fsp3) is 0.462. The third-order valence-corrected chi connectivity index (χ3v) is 4.14. The van der Waals surface area contributed by atoms with Gasteiger partial charge in [-0.05, 0) is 32.9 Å². The summed E-state index contributed by atoms with van der Waals surface area (Å²) in [5, 5.41) is 2.53. The average molecular weight is 317 g/mol.